The maximum absolute atomic E-state index is 11.8. The van der Waals surface area contributed by atoms with Crippen LogP contribution >= 0.6 is 0 Å². The number of carbonyl (C=O) groups is 1. The van der Waals surface area contributed by atoms with Gasteiger partial charge in [0.2, 0.25) is 0 Å². The van der Waals surface area contributed by atoms with Crippen LogP contribution in [0.3, 0.4) is 0 Å². The molecule has 0 unspecified atom stereocenters. The molecule has 0 radical (unpaired) electrons. The number of hydrogen-bond donors (Lipinski definition) is 0. The molecule has 14 heavy (non-hydrogen) atoms. The van der Waals surface area contributed by atoms with Crippen molar-refractivity contribution < 1.29 is 13.2 Å². The lowest BCUT2D eigenvalue weighted by atomic mass is 10.4. The van der Waals surface area contributed by atoms with E-state index in [-0.39, 0.29) is 11.3 Å². The van der Waals surface area contributed by atoms with E-state index in [1.807, 2.05) is 0 Å². The van der Waals surface area contributed by atoms with Crippen molar-refractivity contribution in [3.05, 3.63) is 30.3 Å². The summed E-state index contributed by atoms with van der Waals surface area (Å²) in [6.45, 7) is 1.54. The molecule has 4 heteroatoms. The SMILES string of the molecule is C[C@H](CC=O)S(=O)(=O)c1ccccc1. The van der Waals surface area contributed by atoms with Crippen molar-refractivity contribution in [2.45, 2.75) is 23.5 Å². The summed E-state index contributed by atoms with van der Waals surface area (Å²) in [5, 5.41) is -0.651. The zero-order chi connectivity index (χ0) is 10.6. The average Bonchev–Trinajstić information content (AvgIpc) is 2.19. The molecule has 0 spiro atoms. The van der Waals surface area contributed by atoms with Gasteiger partial charge in [-0.3, -0.25) is 0 Å². The van der Waals surface area contributed by atoms with Crippen LogP contribution in [-0.4, -0.2) is 20.0 Å². The van der Waals surface area contributed by atoms with Gasteiger partial charge in [0.15, 0.2) is 9.84 Å². The van der Waals surface area contributed by atoms with Crippen molar-refractivity contribution in [3.63, 3.8) is 0 Å². The van der Waals surface area contributed by atoms with Gasteiger partial charge in [-0.2, -0.15) is 0 Å². The van der Waals surface area contributed by atoms with Gasteiger partial charge in [0.1, 0.15) is 6.29 Å². The predicted molar refractivity (Wildman–Crippen MR) is 53.8 cm³/mol. The van der Waals surface area contributed by atoms with E-state index in [4.69, 9.17) is 0 Å². The Labute approximate surface area is 83.7 Å². The molecule has 0 heterocycles. The molecule has 0 aromatic heterocycles. The molecule has 0 saturated carbocycles. The van der Waals surface area contributed by atoms with Gasteiger partial charge in [-0.05, 0) is 19.1 Å². The van der Waals surface area contributed by atoms with E-state index in [1.54, 1.807) is 18.2 Å². The second kappa shape index (κ2) is 4.37. The molecule has 1 aromatic carbocycles. The lowest BCUT2D eigenvalue weighted by Gasteiger charge is -2.09. The zero-order valence-electron chi connectivity index (χ0n) is 7.88. The summed E-state index contributed by atoms with van der Waals surface area (Å²) in [7, 11) is -3.33. The number of hydrogen-bond acceptors (Lipinski definition) is 3. The number of rotatable bonds is 4. The van der Waals surface area contributed by atoms with E-state index >= 15 is 0 Å². The molecule has 1 aromatic rings. The van der Waals surface area contributed by atoms with Crippen LogP contribution in [0.15, 0.2) is 35.2 Å². The lowest BCUT2D eigenvalue weighted by molar-refractivity contribution is -0.107. The Bertz CT molecular complexity index is 395. The van der Waals surface area contributed by atoms with Crippen molar-refractivity contribution in [2.24, 2.45) is 0 Å². The summed E-state index contributed by atoms with van der Waals surface area (Å²) in [6, 6.07) is 8.16. The quantitative estimate of drug-likeness (QED) is 0.709. The molecule has 0 aliphatic heterocycles. The molecule has 0 aliphatic carbocycles. The van der Waals surface area contributed by atoms with Gasteiger partial charge in [0.05, 0.1) is 10.1 Å². The summed E-state index contributed by atoms with van der Waals surface area (Å²) < 4.78 is 23.5. The highest BCUT2D eigenvalue weighted by molar-refractivity contribution is 7.92. The molecule has 0 bridgehead atoms. The Morgan fingerprint density at radius 2 is 1.86 bits per heavy atom. The van der Waals surface area contributed by atoms with Crippen molar-refractivity contribution in [3.8, 4) is 0 Å². The van der Waals surface area contributed by atoms with Crippen molar-refractivity contribution in [2.75, 3.05) is 0 Å². The maximum atomic E-state index is 11.8. The highest BCUT2D eigenvalue weighted by Crippen LogP contribution is 2.16. The molecule has 0 amide bonds. The van der Waals surface area contributed by atoms with Crippen LogP contribution in [0.5, 0.6) is 0 Å². The Morgan fingerprint density at radius 3 is 2.36 bits per heavy atom. The van der Waals surface area contributed by atoms with Crippen molar-refractivity contribution in [1.82, 2.24) is 0 Å². The fourth-order valence-corrected chi connectivity index (χ4v) is 2.44. The number of benzene rings is 1. The van der Waals surface area contributed by atoms with E-state index in [0.717, 1.165) is 0 Å². The molecule has 1 rings (SSSR count). The summed E-state index contributed by atoms with van der Waals surface area (Å²) in [5.74, 6) is 0. The van der Waals surface area contributed by atoms with Gasteiger partial charge >= 0.3 is 0 Å². The summed E-state index contributed by atoms with van der Waals surface area (Å²) in [6.07, 6.45) is 0.669. The van der Waals surface area contributed by atoms with Crippen molar-refractivity contribution in [1.29, 1.82) is 0 Å². The third kappa shape index (κ3) is 2.20. The van der Waals surface area contributed by atoms with E-state index in [2.05, 4.69) is 0 Å². The summed E-state index contributed by atoms with van der Waals surface area (Å²) in [4.78, 5) is 10.5. The van der Waals surface area contributed by atoms with Crippen LogP contribution < -0.4 is 0 Å². The first-order valence-corrected chi connectivity index (χ1v) is 5.86. The van der Waals surface area contributed by atoms with Crippen LogP contribution in [0.25, 0.3) is 0 Å². The zero-order valence-corrected chi connectivity index (χ0v) is 8.70. The molecular weight excluding hydrogens is 200 g/mol. The number of carbonyl (C=O) groups excluding carboxylic acids is 1. The second-order valence-electron chi connectivity index (χ2n) is 3.07. The van der Waals surface area contributed by atoms with Crippen LogP contribution in [-0.2, 0) is 14.6 Å². The van der Waals surface area contributed by atoms with Crippen molar-refractivity contribution >= 4 is 16.1 Å². The highest BCUT2D eigenvalue weighted by Gasteiger charge is 2.21. The van der Waals surface area contributed by atoms with Crippen LogP contribution in [0, 0.1) is 0 Å². The van der Waals surface area contributed by atoms with E-state index < -0.39 is 15.1 Å². The molecule has 0 aliphatic rings. The Morgan fingerprint density at radius 1 is 1.29 bits per heavy atom. The molecular formula is C10H12O3S. The summed E-state index contributed by atoms with van der Waals surface area (Å²) >= 11 is 0. The van der Waals surface area contributed by atoms with E-state index in [1.165, 1.54) is 19.1 Å². The normalized spacial score (nSPS) is 13.5. The minimum absolute atomic E-state index is 0.0389. The fourth-order valence-electron chi connectivity index (χ4n) is 1.10. The van der Waals surface area contributed by atoms with Crippen LogP contribution in [0.2, 0.25) is 0 Å². The number of aldehydes is 1. The van der Waals surface area contributed by atoms with Gasteiger partial charge in [-0.15, -0.1) is 0 Å². The third-order valence-electron chi connectivity index (χ3n) is 2.03. The Hall–Kier alpha value is -1.16. The summed E-state index contributed by atoms with van der Waals surface area (Å²) in [5.41, 5.74) is 0. The van der Waals surface area contributed by atoms with Gasteiger partial charge in [0, 0.05) is 6.42 Å². The third-order valence-corrected chi connectivity index (χ3v) is 4.21. The van der Waals surface area contributed by atoms with Crippen LogP contribution in [0.4, 0.5) is 0 Å². The highest BCUT2D eigenvalue weighted by atomic mass is 32.2. The fraction of sp³-hybridized carbons (Fsp3) is 0.300. The Balaban J connectivity index is 3.03. The monoisotopic (exact) mass is 212 g/mol. The molecule has 0 fully saturated rings. The minimum Gasteiger partial charge on any atom is -0.303 e. The van der Waals surface area contributed by atoms with Crippen LogP contribution in [0.1, 0.15) is 13.3 Å². The Kier molecular flexibility index (Phi) is 3.41. The topological polar surface area (TPSA) is 51.2 Å². The first-order chi connectivity index (χ1) is 6.59. The largest absolute Gasteiger partial charge is 0.303 e. The maximum Gasteiger partial charge on any atom is 0.181 e. The second-order valence-corrected chi connectivity index (χ2v) is 5.44. The van der Waals surface area contributed by atoms with Gasteiger partial charge in [-0.1, -0.05) is 18.2 Å². The standard InChI is InChI=1S/C10H12O3S/c1-9(7-8-11)14(12,13)10-5-3-2-4-6-10/h2-6,8-9H,7H2,1H3/t9-/m1/s1. The molecule has 1 atom stereocenters. The van der Waals surface area contributed by atoms with Gasteiger partial charge < -0.3 is 4.79 Å². The van der Waals surface area contributed by atoms with E-state index in [9.17, 15) is 13.2 Å². The average molecular weight is 212 g/mol. The number of sulfone groups is 1. The molecule has 3 nitrogen and oxygen atoms in total. The van der Waals surface area contributed by atoms with Gasteiger partial charge in [0.25, 0.3) is 0 Å². The predicted octanol–water partition coefficient (Wildman–Crippen LogP) is 1.44. The first kappa shape index (κ1) is 10.9. The van der Waals surface area contributed by atoms with E-state index in [0.29, 0.717) is 6.29 Å². The smallest absolute Gasteiger partial charge is 0.181 e. The van der Waals surface area contributed by atoms with Gasteiger partial charge in [-0.25, -0.2) is 8.42 Å². The molecule has 0 saturated heterocycles. The minimum atomic E-state index is -3.33. The lowest BCUT2D eigenvalue weighted by Crippen LogP contribution is -2.18. The molecule has 76 valence electrons. The molecule has 0 N–H and O–H groups in total. The first-order valence-electron chi connectivity index (χ1n) is 4.31.